The maximum absolute atomic E-state index is 6.36. The van der Waals surface area contributed by atoms with Crippen molar-refractivity contribution >= 4 is 32.9 Å². The number of thiazole rings is 1. The zero-order valence-corrected chi connectivity index (χ0v) is 13.1. The highest BCUT2D eigenvalue weighted by Crippen LogP contribution is 2.35. The molecule has 2 aliphatic rings. The number of anilines is 2. The fourth-order valence-electron chi connectivity index (χ4n) is 3.76. The minimum Gasteiger partial charge on any atom is -0.395 e. The molecule has 2 N–H and O–H groups in total. The van der Waals surface area contributed by atoms with Gasteiger partial charge < -0.3 is 10.6 Å². The third kappa shape index (κ3) is 2.38. The second-order valence-corrected chi connectivity index (χ2v) is 7.07. The van der Waals surface area contributed by atoms with E-state index in [1.165, 1.54) is 49.2 Å². The Bertz CT molecular complexity index is 632. The highest BCUT2D eigenvalue weighted by atomic mass is 32.1. The number of fused-ring (bicyclic) bond motifs is 1. The molecule has 112 valence electrons. The molecule has 2 saturated heterocycles. The molecule has 21 heavy (non-hydrogen) atoms. The lowest BCUT2D eigenvalue weighted by Gasteiger charge is -2.32. The zero-order valence-electron chi connectivity index (χ0n) is 12.3. The van der Waals surface area contributed by atoms with Gasteiger partial charge in [0.15, 0.2) is 0 Å². The third-order valence-electron chi connectivity index (χ3n) is 4.93. The van der Waals surface area contributed by atoms with Gasteiger partial charge in [-0.25, -0.2) is 4.98 Å². The van der Waals surface area contributed by atoms with E-state index in [-0.39, 0.29) is 0 Å². The summed E-state index contributed by atoms with van der Waals surface area (Å²) >= 11 is 1.66. The molecule has 5 heteroatoms. The van der Waals surface area contributed by atoms with Crippen LogP contribution in [-0.2, 0) is 0 Å². The number of hydrogen-bond acceptors (Lipinski definition) is 5. The maximum atomic E-state index is 6.36. The third-order valence-corrected chi connectivity index (χ3v) is 5.72. The molecule has 0 aliphatic carbocycles. The van der Waals surface area contributed by atoms with Crippen LogP contribution < -0.4 is 10.6 Å². The van der Waals surface area contributed by atoms with Gasteiger partial charge in [0.1, 0.15) is 5.52 Å². The fourth-order valence-corrected chi connectivity index (χ4v) is 4.45. The minimum atomic E-state index is 0.704. The average molecular weight is 302 g/mol. The summed E-state index contributed by atoms with van der Waals surface area (Å²) in [6, 6.07) is 5.04. The summed E-state index contributed by atoms with van der Waals surface area (Å²) in [7, 11) is 0. The van der Waals surface area contributed by atoms with E-state index in [1.54, 1.807) is 11.3 Å². The van der Waals surface area contributed by atoms with Crippen molar-refractivity contribution in [1.82, 2.24) is 9.88 Å². The van der Waals surface area contributed by atoms with E-state index in [1.807, 2.05) is 5.51 Å². The summed E-state index contributed by atoms with van der Waals surface area (Å²) in [4.78, 5) is 9.55. The van der Waals surface area contributed by atoms with E-state index in [9.17, 15) is 0 Å². The van der Waals surface area contributed by atoms with Gasteiger partial charge >= 0.3 is 0 Å². The first-order valence-corrected chi connectivity index (χ1v) is 8.81. The van der Waals surface area contributed by atoms with Crippen LogP contribution in [0.1, 0.15) is 25.7 Å². The van der Waals surface area contributed by atoms with E-state index < -0.39 is 0 Å². The Hall–Kier alpha value is -1.33. The number of hydrogen-bond donors (Lipinski definition) is 1. The van der Waals surface area contributed by atoms with E-state index in [2.05, 4.69) is 26.9 Å². The molecule has 2 aromatic rings. The van der Waals surface area contributed by atoms with Crippen LogP contribution in [0.2, 0.25) is 0 Å². The molecule has 1 unspecified atom stereocenters. The molecule has 4 rings (SSSR count). The number of nitrogen functional groups attached to an aromatic ring is 1. The Morgan fingerprint density at radius 3 is 2.86 bits per heavy atom. The lowest BCUT2D eigenvalue weighted by molar-refractivity contribution is 0.175. The summed E-state index contributed by atoms with van der Waals surface area (Å²) in [5.74, 6) is 0. The highest BCUT2D eigenvalue weighted by Gasteiger charge is 2.29. The van der Waals surface area contributed by atoms with Gasteiger partial charge in [0.25, 0.3) is 0 Å². The SMILES string of the molecule is Nc1c(N2CCC(N3CCCCC3)C2)ccc2scnc12. The standard InChI is InChI=1S/C16H22N4S/c17-15-13(4-5-14-16(15)18-11-21-14)20-9-6-12(10-20)19-7-2-1-3-8-19/h4-5,11-12H,1-3,6-10,17H2. The van der Waals surface area contributed by atoms with Crippen molar-refractivity contribution in [3.8, 4) is 0 Å². The predicted octanol–water partition coefficient (Wildman–Crippen LogP) is 2.94. The highest BCUT2D eigenvalue weighted by molar-refractivity contribution is 7.16. The van der Waals surface area contributed by atoms with Crippen molar-refractivity contribution in [2.24, 2.45) is 0 Å². The number of likely N-dealkylation sites (tertiary alicyclic amines) is 1. The van der Waals surface area contributed by atoms with Gasteiger partial charge in [0, 0.05) is 19.1 Å². The smallest absolute Gasteiger partial charge is 0.106 e. The van der Waals surface area contributed by atoms with Gasteiger partial charge in [-0.3, -0.25) is 4.90 Å². The van der Waals surface area contributed by atoms with Crippen LogP contribution in [0.3, 0.4) is 0 Å². The van der Waals surface area contributed by atoms with Gasteiger partial charge in [-0.1, -0.05) is 6.42 Å². The molecule has 3 heterocycles. The van der Waals surface area contributed by atoms with E-state index >= 15 is 0 Å². The Morgan fingerprint density at radius 2 is 2.00 bits per heavy atom. The van der Waals surface area contributed by atoms with Crippen LogP contribution in [0.15, 0.2) is 17.6 Å². The molecule has 0 amide bonds. The molecule has 1 aromatic carbocycles. The van der Waals surface area contributed by atoms with Crippen LogP contribution in [-0.4, -0.2) is 42.1 Å². The topological polar surface area (TPSA) is 45.4 Å². The normalized spacial score (nSPS) is 24.0. The monoisotopic (exact) mass is 302 g/mol. The predicted molar refractivity (Wildman–Crippen MR) is 90.1 cm³/mol. The first-order chi connectivity index (χ1) is 10.3. The van der Waals surface area contributed by atoms with Crippen LogP contribution in [0.4, 0.5) is 11.4 Å². The first-order valence-electron chi connectivity index (χ1n) is 7.93. The van der Waals surface area contributed by atoms with E-state index in [0.29, 0.717) is 6.04 Å². The zero-order chi connectivity index (χ0) is 14.2. The molecule has 2 fully saturated rings. The molecule has 0 saturated carbocycles. The van der Waals surface area contributed by atoms with E-state index in [0.717, 1.165) is 24.3 Å². The van der Waals surface area contributed by atoms with Crippen LogP contribution in [0, 0.1) is 0 Å². The molecular formula is C16H22N4S. The summed E-state index contributed by atoms with van der Waals surface area (Å²) in [5, 5.41) is 0. The van der Waals surface area contributed by atoms with E-state index in [4.69, 9.17) is 5.73 Å². The second kappa shape index (κ2) is 5.46. The van der Waals surface area contributed by atoms with Gasteiger partial charge in [-0.05, 0) is 44.5 Å². The summed E-state index contributed by atoms with van der Waals surface area (Å²) in [6.07, 6.45) is 5.39. The molecule has 0 spiro atoms. The molecular weight excluding hydrogens is 280 g/mol. The number of nitrogens with zero attached hydrogens (tertiary/aromatic N) is 3. The first kappa shape index (κ1) is 13.3. The van der Waals surface area contributed by atoms with Crippen molar-refractivity contribution in [3.05, 3.63) is 17.6 Å². The molecule has 0 bridgehead atoms. The number of aromatic nitrogens is 1. The number of benzene rings is 1. The number of nitrogens with two attached hydrogens (primary N) is 1. The van der Waals surface area contributed by atoms with Crippen molar-refractivity contribution in [1.29, 1.82) is 0 Å². The van der Waals surface area contributed by atoms with Gasteiger partial charge in [0.2, 0.25) is 0 Å². The minimum absolute atomic E-state index is 0.704. The van der Waals surface area contributed by atoms with Crippen molar-refractivity contribution in [3.63, 3.8) is 0 Å². The quantitative estimate of drug-likeness (QED) is 0.866. The molecule has 0 radical (unpaired) electrons. The van der Waals surface area contributed by atoms with Gasteiger partial charge in [-0.15, -0.1) is 11.3 Å². The van der Waals surface area contributed by atoms with Crippen molar-refractivity contribution in [2.45, 2.75) is 31.7 Å². The maximum Gasteiger partial charge on any atom is 0.106 e. The summed E-state index contributed by atoms with van der Waals surface area (Å²) in [6.45, 7) is 4.78. The van der Waals surface area contributed by atoms with Crippen LogP contribution in [0.5, 0.6) is 0 Å². The van der Waals surface area contributed by atoms with Gasteiger partial charge in [-0.2, -0.15) is 0 Å². The summed E-state index contributed by atoms with van der Waals surface area (Å²) < 4.78 is 1.18. The largest absolute Gasteiger partial charge is 0.395 e. The van der Waals surface area contributed by atoms with Crippen LogP contribution in [0.25, 0.3) is 10.2 Å². The average Bonchev–Trinajstić information content (AvgIpc) is 3.18. The Labute approximate surface area is 129 Å². The van der Waals surface area contributed by atoms with Crippen molar-refractivity contribution < 1.29 is 0 Å². The van der Waals surface area contributed by atoms with Crippen molar-refractivity contribution in [2.75, 3.05) is 36.8 Å². The number of piperidine rings is 1. The Balaban J connectivity index is 1.54. The second-order valence-electron chi connectivity index (χ2n) is 6.18. The fraction of sp³-hybridized carbons (Fsp3) is 0.562. The summed E-state index contributed by atoms with van der Waals surface area (Å²) in [5.41, 5.74) is 11.2. The molecule has 1 aromatic heterocycles. The molecule has 1 atom stereocenters. The van der Waals surface area contributed by atoms with Crippen LogP contribution >= 0.6 is 11.3 Å². The Morgan fingerprint density at radius 1 is 1.14 bits per heavy atom. The molecule has 4 nitrogen and oxygen atoms in total. The lowest BCUT2D eigenvalue weighted by Crippen LogP contribution is -2.40. The lowest BCUT2D eigenvalue weighted by atomic mass is 10.1. The number of rotatable bonds is 2. The van der Waals surface area contributed by atoms with Gasteiger partial charge in [0.05, 0.1) is 21.6 Å². The Kier molecular flexibility index (Phi) is 3.47. The molecule has 2 aliphatic heterocycles.